The normalized spacial score (nSPS) is 14.3. The van der Waals surface area contributed by atoms with E-state index in [-0.39, 0.29) is 6.42 Å². The first-order chi connectivity index (χ1) is 13.0. The van der Waals surface area contributed by atoms with Crippen LogP contribution in [0.3, 0.4) is 0 Å². The number of benzene rings is 2. The van der Waals surface area contributed by atoms with Gasteiger partial charge in [0, 0.05) is 11.4 Å². The molecule has 0 heterocycles. The minimum Gasteiger partial charge on any atom is -0.489 e. The summed E-state index contributed by atoms with van der Waals surface area (Å²) in [4.78, 5) is 10.7. The van der Waals surface area contributed by atoms with Gasteiger partial charge in [-0.3, -0.25) is 4.79 Å². The van der Waals surface area contributed by atoms with Crippen LogP contribution in [-0.4, -0.2) is 17.7 Å². The highest BCUT2D eigenvalue weighted by Gasteiger charge is 2.15. The molecule has 142 valence electrons. The van der Waals surface area contributed by atoms with E-state index < -0.39 is 5.97 Å². The van der Waals surface area contributed by atoms with E-state index in [1.807, 2.05) is 37.3 Å². The molecule has 0 saturated carbocycles. The number of carbonyl (C=O) groups is 1. The lowest BCUT2D eigenvalue weighted by Crippen LogP contribution is -2.09. The van der Waals surface area contributed by atoms with Gasteiger partial charge in [0.25, 0.3) is 0 Å². The molecule has 0 aromatic heterocycles. The van der Waals surface area contributed by atoms with Crippen molar-refractivity contribution in [3.8, 4) is 5.75 Å². The van der Waals surface area contributed by atoms with Gasteiger partial charge in [0.1, 0.15) is 12.4 Å². The number of carboxylic acid groups (broad SMARTS) is 1. The first kappa shape index (κ1) is 19.5. The third kappa shape index (κ3) is 5.36. The quantitative estimate of drug-likeness (QED) is 0.629. The molecule has 1 aliphatic carbocycles. The zero-order valence-corrected chi connectivity index (χ0v) is 16.4. The summed E-state index contributed by atoms with van der Waals surface area (Å²) in [7, 11) is 0. The zero-order chi connectivity index (χ0) is 19.2. The molecule has 0 bridgehead atoms. The minimum absolute atomic E-state index is 0.150. The van der Waals surface area contributed by atoms with Gasteiger partial charge in [0.15, 0.2) is 0 Å². The summed E-state index contributed by atoms with van der Waals surface area (Å²) in [6.07, 6.45) is 5.24. The lowest BCUT2D eigenvalue weighted by Gasteiger charge is -2.22. The predicted molar refractivity (Wildman–Crippen MR) is 109 cm³/mol. The van der Waals surface area contributed by atoms with Gasteiger partial charge < -0.3 is 9.84 Å². The second kappa shape index (κ2) is 9.09. The van der Waals surface area contributed by atoms with E-state index in [2.05, 4.69) is 12.1 Å². The summed E-state index contributed by atoms with van der Waals surface area (Å²) < 4.78 is 6.13. The molecule has 0 unspecified atom stereocenters. The molecular formula is C23H25ClO3. The Bertz CT molecular complexity index is 837. The van der Waals surface area contributed by atoms with Crippen molar-refractivity contribution < 1.29 is 14.6 Å². The van der Waals surface area contributed by atoms with Crippen molar-refractivity contribution in [1.29, 1.82) is 0 Å². The third-order valence-electron chi connectivity index (χ3n) is 5.04. The molecule has 0 radical (unpaired) electrons. The first-order valence-corrected chi connectivity index (χ1v) is 9.81. The lowest BCUT2D eigenvalue weighted by atomic mass is 9.88. The Hall–Kier alpha value is -2.26. The second-order valence-electron chi connectivity index (χ2n) is 7.08. The molecule has 0 amide bonds. The Labute approximate surface area is 165 Å². The van der Waals surface area contributed by atoms with E-state index in [0.29, 0.717) is 13.0 Å². The Kier molecular flexibility index (Phi) is 6.57. The standard InChI is InChI=1S/C23H25ClO3/c1-16-14-17(7-13-23(25)26)6-12-22(16)27-15-19-4-2-3-5-21(19)18-8-10-20(24)11-9-18/h6,8-12,14H,2-5,7,13,15H2,1H3,(H,25,26). The number of rotatable bonds is 7. The van der Waals surface area contributed by atoms with Crippen LogP contribution in [0, 0.1) is 6.92 Å². The molecule has 3 rings (SSSR count). The Balaban J connectivity index is 1.72. The number of ether oxygens (including phenoxy) is 1. The Morgan fingerprint density at radius 3 is 2.56 bits per heavy atom. The van der Waals surface area contributed by atoms with Gasteiger partial charge in [-0.05, 0) is 85.1 Å². The van der Waals surface area contributed by atoms with Crippen LogP contribution in [0.15, 0.2) is 48.0 Å². The van der Waals surface area contributed by atoms with Gasteiger partial charge in [-0.15, -0.1) is 0 Å². The molecule has 0 atom stereocenters. The van der Waals surface area contributed by atoms with Crippen LogP contribution in [0.1, 0.15) is 48.8 Å². The van der Waals surface area contributed by atoms with Gasteiger partial charge in [0.2, 0.25) is 0 Å². The maximum absolute atomic E-state index is 10.7. The van der Waals surface area contributed by atoms with Gasteiger partial charge >= 0.3 is 5.97 Å². The van der Waals surface area contributed by atoms with Crippen molar-refractivity contribution in [1.82, 2.24) is 0 Å². The van der Waals surface area contributed by atoms with Crippen molar-refractivity contribution in [3.63, 3.8) is 0 Å². The van der Waals surface area contributed by atoms with E-state index in [1.165, 1.54) is 29.6 Å². The van der Waals surface area contributed by atoms with E-state index in [9.17, 15) is 4.79 Å². The van der Waals surface area contributed by atoms with Crippen molar-refractivity contribution in [2.45, 2.75) is 45.4 Å². The van der Waals surface area contributed by atoms with E-state index in [0.717, 1.165) is 34.7 Å². The van der Waals surface area contributed by atoms with Crippen molar-refractivity contribution in [2.75, 3.05) is 6.61 Å². The maximum Gasteiger partial charge on any atom is 0.303 e. The molecule has 0 saturated heterocycles. The number of halogens is 1. The summed E-state index contributed by atoms with van der Waals surface area (Å²) in [5, 5.41) is 9.58. The summed E-state index contributed by atoms with van der Waals surface area (Å²) in [6, 6.07) is 14.0. The van der Waals surface area contributed by atoms with Crippen LogP contribution in [-0.2, 0) is 11.2 Å². The predicted octanol–water partition coefficient (Wildman–Crippen LogP) is 6.07. The van der Waals surface area contributed by atoms with Crippen LogP contribution in [0.5, 0.6) is 5.75 Å². The summed E-state index contributed by atoms with van der Waals surface area (Å²) in [5.41, 5.74) is 6.05. The highest BCUT2D eigenvalue weighted by atomic mass is 35.5. The molecule has 2 aromatic rings. The van der Waals surface area contributed by atoms with Crippen molar-refractivity contribution in [2.24, 2.45) is 0 Å². The molecule has 4 heteroatoms. The number of aliphatic carboxylic acids is 1. The molecular weight excluding hydrogens is 360 g/mol. The minimum atomic E-state index is -0.771. The third-order valence-corrected chi connectivity index (χ3v) is 5.30. The zero-order valence-electron chi connectivity index (χ0n) is 15.6. The molecule has 0 fully saturated rings. The number of carboxylic acids is 1. The number of allylic oxidation sites excluding steroid dienone is 1. The fourth-order valence-corrected chi connectivity index (χ4v) is 3.70. The van der Waals surface area contributed by atoms with Gasteiger partial charge in [-0.1, -0.05) is 35.9 Å². The van der Waals surface area contributed by atoms with Crippen LogP contribution in [0.4, 0.5) is 0 Å². The first-order valence-electron chi connectivity index (χ1n) is 9.44. The van der Waals surface area contributed by atoms with Crippen molar-refractivity contribution >= 4 is 23.1 Å². The highest BCUT2D eigenvalue weighted by molar-refractivity contribution is 6.30. The number of hydrogen-bond donors (Lipinski definition) is 1. The molecule has 1 N–H and O–H groups in total. The molecule has 0 aliphatic heterocycles. The van der Waals surface area contributed by atoms with E-state index in [4.69, 9.17) is 21.4 Å². The summed E-state index contributed by atoms with van der Waals surface area (Å²) in [6.45, 7) is 2.60. The molecule has 1 aliphatic rings. The van der Waals surface area contributed by atoms with Crippen LogP contribution < -0.4 is 4.74 Å². The monoisotopic (exact) mass is 384 g/mol. The fraction of sp³-hybridized carbons (Fsp3) is 0.348. The lowest BCUT2D eigenvalue weighted by molar-refractivity contribution is -0.136. The average Bonchev–Trinajstić information content (AvgIpc) is 2.66. The number of aryl methyl sites for hydroxylation is 2. The van der Waals surface area contributed by atoms with E-state index in [1.54, 1.807) is 0 Å². The average molecular weight is 385 g/mol. The highest BCUT2D eigenvalue weighted by Crippen LogP contribution is 2.33. The van der Waals surface area contributed by atoms with Crippen LogP contribution >= 0.6 is 11.6 Å². The van der Waals surface area contributed by atoms with Gasteiger partial charge in [-0.2, -0.15) is 0 Å². The summed E-state index contributed by atoms with van der Waals surface area (Å²) in [5.74, 6) is 0.0922. The van der Waals surface area contributed by atoms with Crippen LogP contribution in [0.25, 0.3) is 5.57 Å². The Morgan fingerprint density at radius 2 is 1.85 bits per heavy atom. The van der Waals surface area contributed by atoms with Gasteiger partial charge in [0.05, 0.1) is 0 Å². The van der Waals surface area contributed by atoms with Crippen LogP contribution in [0.2, 0.25) is 5.02 Å². The Morgan fingerprint density at radius 1 is 1.11 bits per heavy atom. The molecule has 0 spiro atoms. The van der Waals surface area contributed by atoms with Crippen molar-refractivity contribution in [3.05, 3.63) is 69.8 Å². The number of hydrogen-bond acceptors (Lipinski definition) is 2. The molecule has 2 aromatic carbocycles. The van der Waals surface area contributed by atoms with E-state index >= 15 is 0 Å². The molecule has 3 nitrogen and oxygen atoms in total. The van der Waals surface area contributed by atoms with Gasteiger partial charge in [-0.25, -0.2) is 0 Å². The maximum atomic E-state index is 10.7. The largest absolute Gasteiger partial charge is 0.489 e. The summed E-state index contributed by atoms with van der Waals surface area (Å²) >= 11 is 6.02. The fourth-order valence-electron chi connectivity index (χ4n) is 3.57. The molecule has 27 heavy (non-hydrogen) atoms. The smallest absolute Gasteiger partial charge is 0.303 e. The second-order valence-corrected chi connectivity index (χ2v) is 7.51. The topological polar surface area (TPSA) is 46.5 Å². The SMILES string of the molecule is Cc1cc(CCC(=O)O)ccc1OCC1=C(c2ccc(Cl)cc2)CCCC1.